The third-order valence-electron chi connectivity index (χ3n) is 5.01. The minimum absolute atomic E-state index is 0.285. The van der Waals surface area contributed by atoms with Crippen LogP contribution in [0.5, 0.6) is 0 Å². The van der Waals surface area contributed by atoms with Gasteiger partial charge in [0.2, 0.25) is 0 Å². The van der Waals surface area contributed by atoms with Crippen molar-refractivity contribution in [2.45, 2.75) is 97.1 Å². The lowest BCUT2D eigenvalue weighted by molar-refractivity contribution is 0.508. The van der Waals surface area contributed by atoms with Gasteiger partial charge in [-0.1, -0.05) is 51.9 Å². The molecule has 2 N–H and O–H groups in total. The fourth-order valence-corrected chi connectivity index (χ4v) is 3.72. The molecule has 21 heavy (non-hydrogen) atoms. The van der Waals surface area contributed by atoms with E-state index in [4.69, 9.17) is 5.73 Å². The Labute approximate surface area is 131 Å². The molecule has 2 rings (SSSR count). The van der Waals surface area contributed by atoms with Crippen molar-refractivity contribution in [1.82, 2.24) is 4.57 Å². The van der Waals surface area contributed by atoms with Crippen LogP contribution in [0.15, 0.2) is 6.07 Å². The lowest BCUT2D eigenvalue weighted by Crippen LogP contribution is -2.18. The average Bonchev–Trinajstić information content (AvgIpc) is 2.80. The topological polar surface area (TPSA) is 30.9 Å². The maximum atomic E-state index is 6.25. The highest BCUT2D eigenvalue weighted by Crippen LogP contribution is 2.31. The van der Waals surface area contributed by atoms with Gasteiger partial charge in [0.05, 0.1) is 0 Å². The van der Waals surface area contributed by atoms with Gasteiger partial charge < -0.3 is 10.3 Å². The maximum absolute atomic E-state index is 6.25. The molecule has 1 aliphatic rings. The van der Waals surface area contributed by atoms with E-state index in [9.17, 15) is 0 Å². The first-order valence-electron chi connectivity index (χ1n) is 9.18. The Morgan fingerprint density at radius 2 is 1.76 bits per heavy atom. The van der Waals surface area contributed by atoms with E-state index in [1.807, 2.05) is 0 Å². The normalized spacial score (nSPS) is 18.0. The molecule has 1 aliphatic carbocycles. The summed E-state index contributed by atoms with van der Waals surface area (Å²) in [6, 6.07) is 2.62. The summed E-state index contributed by atoms with van der Waals surface area (Å²) < 4.78 is 2.55. The molecule has 0 saturated heterocycles. The Bertz CT molecular complexity index is 419. The van der Waals surface area contributed by atoms with Crippen LogP contribution >= 0.6 is 0 Å². The van der Waals surface area contributed by atoms with E-state index in [1.165, 1.54) is 87.7 Å². The van der Waals surface area contributed by atoms with Crippen molar-refractivity contribution in [2.75, 3.05) is 0 Å². The monoisotopic (exact) mass is 290 g/mol. The third-order valence-corrected chi connectivity index (χ3v) is 5.01. The summed E-state index contributed by atoms with van der Waals surface area (Å²) in [5, 5.41) is 0. The van der Waals surface area contributed by atoms with Gasteiger partial charge in [-0.2, -0.15) is 0 Å². The number of rotatable bonds is 9. The highest BCUT2D eigenvalue weighted by molar-refractivity contribution is 5.32. The van der Waals surface area contributed by atoms with Gasteiger partial charge in [0, 0.05) is 24.0 Å². The summed E-state index contributed by atoms with van der Waals surface area (Å²) in [4.78, 5) is 0. The van der Waals surface area contributed by atoms with Gasteiger partial charge in [-0.05, 0) is 44.2 Å². The maximum Gasteiger partial charge on any atom is 0.0313 e. The Morgan fingerprint density at radius 3 is 2.48 bits per heavy atom. The minimum Gasteiger partial charge on any atom is -0.349 e. The van der Waals surface area contributed by atoms with Crippen LogP contribution in [-0.2, 0) is 13.0 Å². The van der Waals surface area contributed by atoms with Crippen molar-refractivity contribution in [3.05, 3.63) is 23.0 Å². The highest BCUT2D eigenvalue weighted by atomic mass is 15.0. The third kappa shape index (κ3) is 4.60. The second kappa shape index (κ2) is 8.63. The van der Waals surface area contributed by atoms with Crippen LogP contribution in [0, 0.1) is 6.92 Å². The molecule has 0 aliphatic heterocycles. The van der Waals surface area contributed by atoms with E-state index in [1.54, 1.807) is 0 Å². The Balaban J connectivity index is 1.71. The molecule has 1 heterocycles. The fourth-order valence-electron chi connectivity index (χ4n) is 3.72. The van der Waals surface area contributed by atoms with E-state index in [2.05, 4.69) is 24.5 Å². The van der Waals surface area contributed by atoms with Gasteiger partial charge >= 0.3 is 0 Å². The van der Waals surface area contributed by atoms with E-state index < -0.39 is 0 Å². The number of nitrogens with zero attached hydrogens (tertiary/aromatic N) is 1. The number of aryl methyl sites for hydroxylation is 1. The van der Waals surface area contributed by atoms with Gasteiger partial charge in [0.25, 0.3) is 0 Å². The van der Waals surface area contributed by atoms with Crippen LogP contribution in [0.2, 0.25) is 0 Å². The zero-order chi connectivity index (χ0) is 15.1. The molecular weight excluding hydrogens is 256 g/mol. The Kier molecular flexibility index (Phi) is 6.82. The molecular formula is C19H34N2. The van der Waals surface area contributed by atoms with Crippen LogP contribution in [0.4, 0.5) is 0 Å². The first kappa shape index (κ1) is 16.6. The summed E-state index contributed by atoms with van der Waals surface area (Å²) in [5.74, 6) is 0. The summed E-state index contributed by atoms with van der Waals surface area (Å²) in [6.07, 6.45) is 14.8. The van der Waals surface area contributed by atoms with Crippen molar-refractivity contribution in [2.24, 2.45) is 5.73 Å². The molecule has 2 heteroatoms. The predicted molar refractivity (Wildman–Crippen MR) is 91.6 cm³/mol. The van der Waals surface area contributed by atoms with Gasteiger partial charge in [0.15, 0.2) is 0 Å². The molecule has 2 nitrogen and oxygen atoms in total. The lowest BCUT2D eigenvalue weighted by atomic mass is 9.93. The van der Waals surface area contributed by atoms with Crippen LogP contribution < -0.4 is 5.73 Å². The number of unbranched alkanes of at least 4 members (excludes halogenated alkanes) is 7. The molecule has 0 saturated carbocycles. The van der Waals surface area contributed by atoms with Crippen LogP contribution in [-0.4, -0.2) is 4.57 Å². The minimum atomic E-state index is 0.285. The summed E-state index contributed by atoms with van der Waals surface area (Å²) in [6.45, 7) is 5.73. The lowest BCUT2D eigenvalue weighted by Gasteiger charge is -2.21. The van der Waals surface area contributed by atoms with E-state index >= 15 is 0 Å². The van der Waals surface area contributed by atoms with Crippen LogP contribution in [0.1, 0.15) is 94.1 Å². The van der Waals surface area contributed by atoms with Gasteiger partial charge in [-0.3, -0.25) is 0 Å². The predicted octanol–water partition coefficient (Wildman–Crippen LogP) is 5.27. The second-order valence-corrected chi connectivity index (χ2v) is 6.81. The smallest absolute Gasteiger partial charge is 0.0313 e. The number of hydrogen-bond acceptors (Lipinski definition) is 1. The van der Waals surface area contributed by atoms with Crippen molar-refractivity contribution >= 4 is 0 Å². The molecule has 1 atom stereocenters. The van der Waals surface area contributed by atoms with Gasteiger partial charge in [0.1, 0.15) is 0 Å². The molecule has 1 aromatic heterocycles. The Morgan fingerprint density at radius 1 is 1.10 bits per heavy atom. The largest absolute Gasteiger partial charge is 0.349 e. The van der Waals surface area contributed by atoms with Crippen molar-refractivity contribution in [3.8, 4) is 0 Å². The molecule has 0 spiro atoms. The van der Waals surface area contributed by atoms with E-state index in [-0.39, 0.29) is 6.04 Å². The van der Waals surface area contributed by atoms with Crippen molar-refractivity contribution < 1.29 is 0 Å². The average molecular weight is 290 g/mol. The summed E-state index contributed by atoms with van der Waals surface area (Å²) in [5.41, 5.74) is 10.6. The molecule has 0 radical (unpaired) electrons. The molecule has 0 aromatic carbocycles. The van der Waals surface area contributed by atoms with E-state index in [0.29, 0.717) is 0 Å². The van der Waals surface area contributed by atoms with Gasteiger partial charge in [-0.15, -0.1) is 0 Å². The quantitative estimate of drug-likeness (QED) is 0.617. The van der Waals surface area contributed by atoms with Crippen LogP contribution in [0.25, 0.3) is 0 Å². The standard InChI is InChI=1S/C19H34N2/c1-3-4-5-6-7-8-9-10-14-21-16(2)15-17-18(20)12-11-13-19(17)21/h15,18H,3-14,20H2,1-2H3. The number of fused-ring (bicyclic) bond motifs is 1. The molecule has 1 unspecified atom stereocenters. The van der Waals surface area contributed by atoms with Crippen molar-refractivity contribution in [3.63, 3.8) is 0 Å². The fraction of sp³-hybridized carbons (Fsp3) is 0.789. The van der Waals surface area contributed by atoms with E-state index in [0.717, 1.165) is 6.42 Å². The molecule has 1 aromatic rings. The second-order valence-electron chi connectivity index (χ2n) is 6.81. The van der Waals surface area contributed by atoms with Gasteiger partial charge in [-0.25, -0.2) is 0 Å². The first-order valence-corrected chi connectivity index (χ1v) is 9.18. The molecule has 0 fully saturated rings. The molecule has 0 bridgehead atoms. The SMILES string of the molecule is CCCCCCCCCCn1c(C)cc2c1CCCC2N. The first-order chi connectivity index (χ1) is 10.2. The number of hydrogen-bond donors (Lipinski definition) is 1. The molecule has 0 amide bonds. The summed E-state index contributed by atoms with van der Waals surface area (Å²) >= 11 is 0. The molecule has 120 valence electrons. The van der Waals surface area contributed by atoms with Crippen LogP contribution in [0.3, 0.4) is 0 Å². The Hall–Kier alpha value is -0.760. The zero-order valence-electron chi connectivity index (χ0n) is 14.2. The summed E-state index contributed by atoms with van der Waals surface area (Å²) in [7, 11) is 0. The zero-order valence-corrected chi connectivity index (χ0v) is 14.2. The highest BCUT2D eigenvalue weighted by Gasteiger charge is 2.21. The number of aromatic nitrogens is 1. The number of nitrogens with two attached hydrogens (primary N) is 1. The van der Waals surface area contributed by atoms with Crippen molar-refractivity contribution in [1.29, 1.82) is 0 Å².